The molecule has 0 amide bonds. The summed E-state index contributed by atoms with van der Waals surface area (Å²) in [5.41, 5.74) is 2.03. The van der Waals surface area contributed by atoms with E-state index in [4.69, 9.17) is 0 Å². The van der Waals surface area contributed by atoms with Crippen molar-refractivity contribution in [1.82, 2.24) is 0 Å². The Hall–Kier alpha value is -2.42. The van der Waals surface area contributed by atoms with E-state index in [1.807, 2.05) is 12.1 Å². The summed E-state index contributed by atoms with van der Waals surface area (Å²) >= 11 is 0. The van der Waals surface area contributed by atoms with Gasteiger partial charge in [0.25, 0.3) is 0 Å². The Morgan fingerprint density at radius 2 is 1.40 bits per heavy atom. The normalized spacial score (nSPS) is 10.6. The van der Waals surface area contributed by atoms with Crippen molar-refractivity contribution in [2.75, 3.05) is 0 Å². The van der Waals surface area contributed by atoms with Gasteiger partial charge in [-0.2, -0.15) is 0 Å². The Balaban J connectivity index is 1.96. The van der Waals surface area contributed by atoms with Gasteiger partial charge in [0.15, 0.2) is 5.78 Å². The highest BCUT2D eigenvalue weighted by atomic mass is 16.4. The highest BCUT2D eigenvalue weighted by molar-refractivity contribution is 6.14. The minimum atomic E-state index is -1.08. The number of carbonyl (C=O) groups excluding carboxylic acids is 1. The molecule has 2 aromatic rings. The molecular formula is C22H26O3. The first-order valence-corrected chi connectivity index (χ1v) is 9.09. The topological polar surface area (TPSA) is 54.4 Å². The van der Waals surface area contributed by atoms with E-state index < -0.39 is 5.97 Å². The molecule has 0 aliphatic carbocycles. The lowest BCUT2D eigenvalue weighted by atomic mass is 9.97. The number of rotatable bonds is 10. The molecule has 0 aliphatic heterocycles. The zero-order chi connectivity index (χ0) is 18.1. The van der Waals surface area contributed by atoms with Gasteiger partial charge < -0.3 is 5.11 Å². The average molecular weight is 338 g/mol. The summed E-state index contributed by atoms with van der Waals surface area (Å²) < 4.78 is 0. The van der Waals surface area contributed by atoms with Crippen molar-refractivity contribution < 1.29 is 14.7 Å². The quantitative estimate of drug-likeness (QED) is 0.458. The first-order chi connectivity index (χ1) is 12.1. The van der Waals surface area contributed by atoms with E-state index >= 15 is 0 Å². The lowest BCUT2D eigenvalue weighted by Crippen LogP contribution is -2.09. The summed E-state index contributed by atoms with van der Waals surface area (Å²) in [7, 11) is 0. The summed E-state index contributed by atoms with van der Waals surface area (Å²) in [6.45, 7) is 2.22. The number of hydrogen-bond acceptors (Lipinski definition) is 2. The zero-order valence-electron chi connectivity index (χ0n) is 14.8. The van der Waals surface area contributed by atoms with Crippen LogP contribution in [-0.2, 0) is 6.42 Å². The Morgan fingerprint density at radius 3 is 2.04 bits per heavy atom. The lowest BCUT2D eigenvalue weighted by Gasteiger charge is -2.07. The van der Waals surface area contributed by atoms with Crippen LogP contribution in [0.15, 0.2) is 48.5 Å². The number of carbonyl (C=O) groups is 2. The third-order valence-electron chi connectivity index (χ3n) is 4.44. The molecule has 132 valence electrons. The van der Waals surface area contributed by atoms with Gasteiger partial charge in [-0.25, -0.2) is 4.79 Å². The lowest BCUT2D eigenvalue weighted by molar-refractivity contribution is 0.0693. The number of carboxylic acid groups (broad SMARTS) is 1. The van der Waals surface area contributed by atoms with Gasteiger partial charge in [-0.05, 0) is 24.5 Å². The molecule has 2 rings (SSSR count). The molecule has 0 fully saturated rings. The third kappa shape index (κ3) is 5.56. The summed E-state index contributed by atoms with van der Waals surface area (Å²) in [5, 5.41) is 9.23. The van der Waals surface area contributed by atoms with E-state index in [0.717, 1.165) is 6.42 Å². The molecule has 0 atom stereocenters. The van der Waals surface area contributed by atoms with E-state index in [1.165, 1.54) is 50.2 Å². The molecule has 3 nitrogen and oxygen atoms in total. The largest absolute Gasteiger partial charge is 0.478 e. The Labute approximate surface area is 149 Å². The predicted molar refractivity (Wildman–Crippen MR) is 100 cm³/mol. The molecule has 0 spiro atoms. The molecule has 0 saturated heterocycles. The van der Waals surface area contributed by atoms with Crippen LogP contribution in [-0.4, -0.2) is 16.9 Å². The van der Waals surface area contributed by atoms with Crippen molar-refractivity contribution in [3.05, 3.63) is 70.8 Å². The molecule has 2 aromatic carbocycles. The van der Waals surface area contributed by atoms with E-state index in [1.54, 1.807) is 30.3 Å². The van der Waals surface area contributed by atoms with Crippen molar-refractivity contribution in [3.63, 3.8) is 0 Å². The molecule has 0 aliphatic rings. The van der Waals surface area contributed by atoms with Crippen LogP contribution < -0.4 is 0 Å². The van der Waals surface area contributed by atoms with E-state index in [-0.39, 0.29) is 16.9 Å². The summed E-state index contributed by atoms with van der Waals surface area (Å²) in [6, 6.07) is 13.9. The van der Waals surface area contributed by atoms with Crippen molar-refractivity contribution >= 4 is 11.8 Å². The zero-order valence-corrected chi connectivity index (χ0v) is 14.8. The van der Waals surface area contributed by atoms with Crippen LogP contribution in [0.3, 0.4) is 0 Å². The first kappa shape index (κ1) is 18.9. The van der Waals surface area contributed by atoms with Gasteiger partial charge in [-0.3, -0.25) is 4.79 Å². The Bertz CT molecular complexity index is 701. The summed E-state index contributed by atoms with van der Waals surface area (Å²) in [5.74, 6) is -1.33. The van der Waals surface area contributed by atoms with Crippen LogP contribution in [0.2, 0.25) is 0 Å². The van der Waals surface area contributed by atoms with Crippen molar-refractivity contribution in [2.24, 2.45) is 0 Å². The number of aromatic carboxylic acids is 1. The molecule has 0 bridgehead atoms. The number of benzene rings is 2. The highest BCUT2D eigenvalue weighted by Crippen LogP contribution is 2.17. The van der Waals surface area contributed by atoms with Gasteiger partial charge in [0, 0.05) is 11.1 Å². The fourth-order valence-corrected chi connectivity index (χ4v) is 2.96. The third-order valence-corrected chi connectivity index (χ3v) is 4.44. The molecular weight excluding hydrogens is 312 g/mol. The Morgan fingerprint density at radius 1 is 0.800 bits per heavy atom. The van der Waals surface area contributed by atoms with Crippen molar-refractivity contribution in [3.8, 4) is 0 Å². The Kier molecular flexibility index (Phi) is 7.39. The molecule has 0 heterocycles. The molecule has 0 aromatic heterocycles. The molecule has 1 N–H and O–H groups in total. The second-order valence-electron chi connectivity index (χ2n) is 6.39. The van der Waals surface area contributed by atoms with E-state index in [0.29, 0.717) is 5.56 Å². The minimum absolute atomic E-state index is 0.0451. The number of unbranched alkanes of at least 4 members (excludes halogenated alkanes) is 5. The fourth-order valence-electron chi connectivity index (χ4n) is 2.96. The van der Waals surface area contributed by atoms with Gasteiger partial charge in [0.1, 0.15) is 0 Å². The van der Waals surface area contributed by atoms with Crippen LogP contribution in [0.25, 0.3) is 0 Å². The number of aryl methyl sites for hydroxylation is 1. The SMILES string of the molecule is CCCCCCCCc1ccc(C(=O)c2ccccc2C(=O)O)cc1. The maximum absolute atomic E-state index is 12.6. The first-order valence-electron chi connectivity index (χ1n) is 9.09. The fraction of sp³-hybridized carbons (Fsp3) is 0.364. The molecule has 3 heteroatoms. The highest BCUT2D eigenvalue weighted by Gasteiger charge is 2.17. The van der Waals surface area contributed by atoms with Crippen molar-refractivity contribution in [2.45, 2.75) is 51.9 Å². The average Bonchev–Trinajstić information content (AvgIpc) is 2.64. The summed E-state index contributed by atoms with van der Waals surface area (Å²) in [4.78, 5) is 23.9. The number of ketones is 1. The minimum Gasteiger partial charge on any atom is -0.478 e. The number of hydrogen-bond donors (Lipinski definition) is 1. The standard InChI is InChI=1S/C22H26O3/c1-2-3-4-5-6-7-10-17-13-15-18(16-14-17)21(23)19-11-8-9-12-20(19)22(24)25/h8-9,11-16H,2-7,10H2,1H3,(H,24,25). The van der Waals surface area contributed by atoms with Crippen LogP contribution in [0.4, 0.5) is 0 Å². The molecule has 0 radical (unpaired) electrons. The summed E-state index contributed by atoms with van der Waals surface area (Å²) in [6.07, 6.45) is 8.61. The van der Waals surface area contributed by atoms with Gasteiger partial charge in [0.2, 0.25) is 0 Å². The second kappa shape index (κ2) is 9.77. The van der Waals surface area contributed by atoms with E-state index in [2.05, 4.69) is 6.92 Å². The van der Waals surface area contributed by atoms with Gasteiger partial charge in [-0.15, -0.1) is 0 Å². The van der Waals surface area contributed by atoms with Crippen molar-refractivity contribution in [1.29, 1.82) is 0 Å². The van der Waals surface area contributed by atoms with Gasteiger partial charge in [-0.1, -0.05) is 81.5 Å². The second-order valence-corrected chi connectivity index (χ2v) is 6.39. The van der Waals surface area contributed by atoms with E-state index in [9.17, 15) is 14.7 Å². The van der Waals surface area contributed by atoms with Crippen LogP contribution in [0, 0.1) is 0 Å². The predicted octanol–water partition coefficient (Wildman–Crippen LogP) is 5.52. The molecule has 0 saturated carbocycles. The monoisotopic (exact) mass is 338 g/mol. The van der Waals surface area contributed by atoms with Crippen LogP contribution >= 0.6 is 0 Å². The maximum atomic E-state index is 12.6. The van der Waals surface area contributed by atoms with Gasteiger partial charge >= 0.3 is 5.97 Å². The maximum Gasteiger partial charge on any atom is 0.336 e. The van der Waals surface area contributed by atoms with Gasteiger partial charge in [0.05, 0.1) is 5.56 Å². The smallest absolute Gasteiger partial charge is 0.336 e. The molecule has 25 heavy (non-hydrogen) atoms. The molecule has 0 unspecified atom stereocenters. The number of carboxylic acids is 1. The van der Waals surface area contributed by atoms with Crippen LogP contribution in [0.5, 0.6) is 0 Å². The van der Waals surface area contributed by atoms with Crippen LogP contribution in [0.1, 0.15) is 77.3 Å².